The third-order valence-corrected chi connectivity index (χ3v) is 5.88. The van der Waals surface area contributed by atoms with Crippen LogP contribution in [0.3, 0.4) is 0 Å². The molecule has 4 rings (SSSR count). The second-order valence-electron chi connectivity index (χ2n) is 7.72. The number of methoxy groups -OCH3 is 1. The van der Waals surface area contributed by atoms with Crippen molar-refractivity contribution in [3.05, 3.63) is 59.7 Å². The molecule has 0 aliphatic carbocycles. The first-order chi connectivity index (χ1) is 13.4. The van der Waals surface area contributed by atoms with Crippen LogP contribution in [0.4, 0.5) is 5.69 Å². The normalized spacial score (nSPS) is 22.1. The van der Waals surface area contributed by atoms with Crippen molar-refractivity contribution in [2.75, 3.05) is 25.2 Å². The number of hydrogen-bond acceptors (Lipinski definition) is 4. The van der Waals surface area contributed by atoms with Crippen LogP contribution >= 0.6 is 0 Å². The number of hydrogen-bond donors (Lipinski definition) is 1. The van der Waals surface area contributed by atoms with Gasteiger partial charge in [-0.2, -0.15) is 0 Å². The molecule has 2 aliphatic rings. The van der Waals surface area contributed by atoms with Crippen LogP contribution in [-0.2, 0) is 10.2 Å². The van der Waals surface area contributed by atoms with Crippen molar-refractivity contribution in [2.45, 2.75) is 31.8 Å². The summed E-state index contributed by atoms with van der Waals surface area (Å²) in [4.78, 5) is 14.5. The van der Waals surface area contributed by atoms with Crippen LogP contribution in [-0.4, -0.2) is 31.8 Å². The third kappa shape index (κ3) is 2.57. The molecule has 1 fully saturated rings. The Bertz CT molecular complexity index is 951. The summed E-state index contributed by atoms with van der Waals surface area (Å²) < 4.78 is 11.1. The fraction of sp³-hybridized carbons (Fsp3) is 0.348. The highest BCUT2D eigenvalue weighted by Gasteiger charge is 2.59. The predicted molar refractivity (Wildman–Crippen MR) is 111 cm³/mol. The molecule has 0 saturated carbocycles. The van der Waals surface area contributed by atoms with Crippen molar-refractivity contribution in [1.29, 1.82) is 0 Å². The molecule has 2 heterocycles. The van der Waals surface area contributed by atoms with E-state index in [0.717, 1.165) is 17.0 Å². The van der Waals surface area contributed by atoms with Crippen LogP contribution < -0.4 is 19.7 Å². The lowest BCUT2D eigenvalue weighted by atomic mass is 9.75. The first kappa shape index (κ1) is 18.4. The Morgan fingerprint density at radius 1 is 1.18 bits per heavy atom. The van der Waals surface area contributed by atoms with Crippen molar-refractivity contribution < 1.29 is 14.3 Å². The van der Waals surface area contributed by atoms with Gasteiger partial charge in [-0.15, -0.1) is 0 Å². The summed E-state index contributed by atoms with van der Waals surface area (Å²) in [7, 11) is 1.64. The van der Waals surface area contributed by atoms with E-state index in [0.29, 0.717) is 18.9 Å². The quantitative estimate of drug-likeness (QED) is 0.861. The van der Waals surface area contributed by atoms with Gasteiger partial charge >= 0.3 is 0 Å². The van der Waals surface area contributed by atoms with Gasteiger partial charge in [-0.05, 0) is 42.3 Å². The molecule has 1 atom stereocenters. The fourth-order valence-corrected chi connectivity index (χ4v) is 4.42. The number of carbonyl (C=O) groups is 1. The Balaban J connectivity index is 1.75. The summed E-state index contributed by atoms with van der Waals surface area (Å²) in [5.41, 5.74) is 2.47. The van der Waals surface area contributed by atoms with Crippen LogP contribution in [0.15, 0.2) is 48.5 Å². The van der Waals surface area contributed by atoms with E-state index in [1.54, 1.807) is 7.11 Å². The van der Waals surface area contributed by atoms with Crippen molar-refractivity contribution in [2.24, 2.45) is 0 Å². The Labute approximate surface area is 165 Å². The Morgan fingerprint density at radius 3 is 2.71 bits per heavy atom. The molecule has 5 heteroatoms. The SMILES string of the molecule is CCOc1ccc(/C=C/[C@]23NC(=O)CN2c2ccccc2C3(C)C)cc1OC. The zero-order valence-electron chi connectivity index (χ0n) is 16.8. The first-order valence-electron chi connectivity index (χ1n) is 9.61. The molecule has 2 aromatic carbocycles. The summed E-state index contributed by atoms with van der Waals surface area (Å²) in [5.74, 6) is 1.46. The maximum absolute atomic E-state index is 12.4. The van der Waals surface area contributed by atoms with Crippen molar-refractivity contribution in [1.82, 2.24) is 5.32 Å². The second kappa shape index (κ2) is 6.59. The number of amides is 1. The Hall–Kier alpha value is -2.95. The molecule has 0 bridgehead atoms. The van der Waals surface area contributed by atoms with Gasteiger partial charge in [0.1, 0.15) is 5.66 Å². The van der Waals surface area contributed by atoms with Gasteiger partial charge in [0, 0.05) is 11.1 Å². The molecule has 0 aromatic heterocycles. The maximum Gasteiger partial charge on any atom is 0.241 e. The zero-order chi connectivity index (χ0) is 19.9. The molecule has 2 aliphatic heterocycles. The van der Waals surface area contributed by atoms with Crippen LogP contribution in [0.2, 0.25) is 0 Å². The maximum atomic E-state index is 12.4. The van der Waals surface area contributed by atoms with Crippen molar-refractivity contribution in [3.8, 4) is 11.5 Å². The van der Waals surface area contributed by atoms with E-state index in [4.69, 9.17) is 9.47 Å². The van der Waals surface area contributed by atoms with Crippen molar-refractivity contribution >= 4 is 17.7 Å². The number of benzene rings is 2. The number of ether oxygens (including phenoxy) is 2. The molecule has 0 spiro atoms. The summed E-state index contributed by atoms with van der Waals surface area (Å²) in [6, 6.07) is 14.2. The fourth-order valence-electron chi connectivity index (χ4n) is 4.42. The number of carbonyl (C=O) groups excluding carboxylic acids is 1. The molecule has 146 valence electrons. The molecule has 1 amide bonds. The summed E-state index contributed by atoms with van der Waals surface area (Å²) in [5, 5.41) is 3.24. The minimum Gasteiger partial charge on any atom is -0.493 e. The number of para-hydroxylation sites is 1. The molecular formula is C23H26N2O3. The van der Waals surface area contributed by atoms with Gasteiger partial charge in [0.2, 0.25) is 5.91 Å². The van der Waals surface area contributed by atoms with Crippen LogP contribution in [0.25, 0.3) is 6.08 Å². The summed E-state index contributed by atoms with van der Waals surface area (Å²) in [6.07, 6.45) is 4.15. The number of rotatable bonds is 5. The Kier molecular flexibility index (Phi) is 4.33. The van der Waals surface area contributed by atoms with Gasteiger partial charge in [0.05, 0.1) is 20.3 Å². The summed E-state index contributed by atoms with van der Waals surface area (Å²) in [6.45, 7) is 7.25. The monoisotopic (exact) mass is 378 g/mol. The minimum absolute atomic E-state index is 0.0384. The van der Waals surface area contributed by atoms with Crippen LogP contribution in [0, 0.1) is 0 Å². The highest BCUT2D eigenvalue weighted by molar-refractivity contribution is 5.91. The van der Waals surface area contributed by atoms with Gasteiger partial charge in [0.15, 0.2) is 11.5 Å². The van der Waals surface area contributed by atoms with E-state index in [1.807, 2.05) is 37.3 Å². The van der Waals surface area contributed by atoms with E-state index < -0.39 is 5.66 Å². The predicted octanol–water partition coefficient (Wildman–Crippen LogP) is 3.73. The lowest BCUT2D eigenvalue weighted by Gasteiger charge is -2.40. The van der Waals surface area contributed by atoms with Gasteiger partial charge in [-0.25, -0.2) is 0 Å². The molecular weight excluding hydrogens is 352 g/mol. The molecule has 0 radical (unpaired) electrons. The number of anilines is 1. The molecule has 2 aromatic rings. The van der Waals surface area contributed by atoms with E-state index in [-0.39, 0.29) is 11.3 Å². The van der Waals surface area contributed by atoms with Gasteiger partial charge in [0.25, 0.3) is 0 Å². The summed E-state index contributed by atoms with van der Waals surface area (Å²) >= 11 is 0. The third-order valence-electron chi connectivity index (χ3n) is 5.88. The van der Waals surface area contributed by atoms with Crippen LogP contribution in [0.5, 0.6) is 11.5 Å². The molecule has 1 saturated heterocycles. The second-order valence-corrected chi connectivity index (χ2v) is 7.72. The Morgan fingerprint density at radius 2 is 1.96 bits per heavy atom. The van der Waals surface area contributed by atoms with E-state index in [1.165, 1.54) is 5.56 Å². The number of nitrogens with zero attached hydrogens (tertiary/aromatic N) is 1. The number of fused-ring (bicyclic) bond motifs is 3. The van der Waals surface area contributed by atoms with E-state index in [2.05, 4.69) is 48.3 Å². The average Bonchev–Trinajstić information content (AvgIpc) is 3.12. The standard InChI is InChI=1S/C23H26N2O3/c1-5-28-19-11-10-16(14-20(19)27-4)12-13-23-22(2,3)17-8-6-7-9-18(17)25(23)15-21(26)24-23/h6-14H,5,15H2,1-4H3,(H,24,26)/b13-12+/t23-/m0/s1. The zero-order valence-corrected chi connectivity index (χ0v) is 16.8. The first-order valence-corrected chi connectivity index (χ1v) is 9.61. The topological polar surface area (TPSA) is 50.8 Å². The smallest absolute Gasteiger partial charge is 0.241 e. The highest BCUT2D eigenvalue weighted by Crippen LogP contribution is 2.52. The van der Waals surface area contributed by atoms with E-state index in [9.17, 15) is 4.79 Å². The largest absolute Gasteiger partial charge is 0.493 e. The molecule has 28 heavy (non-hydrogen) atoms. The van der Waals surface area contributed by atoms with Crippen molar-refractivity contribution in [3.63, 3.8) is 0 Å². The van der Waals surface area contributed by atoms with Gasteiger partial charge < -0.3 is 19.7 Å². The highest BCUT2D eigenvalue weighted by atomic mass is 16.5. The van der Waals surface area contributed by atoms with Crippen LogP contribution in [0.1, 0.15) is 31.9 Å². The van der Waals surface area contributed by atoms with Gasteiger partial charge in [-0.3, -0.25) is 4.79 Å². The molecule has 0 unspecified atom stereocenters. The van der Waals surface area contributed by atoms with E-state index >= 15 is 0 Å². The average molecular weight is 378 g/mol. The number of nitrogens with one attached hydrogen (secondary N) is 1. The lowest BCUT2D eigenvalue weighted by Crippen LogP contribution is -2.58. The van der Waals surface area contributed by atoms with Gasteiger partial charge in [-0.1, -0.05) is 44.2 Å². The minimum atomic E-state index is -0.598. The molecule has 1 N–H and O–H groups in total. The lowest BCUT2D eigenvalue weighted by molar-refractivity contribution is -0.118. The molecule has 5 nitrogen and oxygen atoms in total.